The highest BCUT2D eigenvalue weighted by atomic mass is 16.5. The second-order valence-electron chi connectivity index (χ2n) is 3.49. The van der Waals surface area contributed by atoms with Crippen molar-refractivity contribution >= 4 is 12.0 Å². The van der Waals surface area contributed by atoms with Crippen LogP contribution in [0.5, 0.6) is 0 Å². The number of hydrogen-bond acceptors (Lipinski definition) is 3. The van der Waals surface area contributed by atoms with Crippen LogP contribution in [-0.4, -0.2) is 18.6 Å². The zero-order valence-electron chi connectivity index (χ0n) is 9.48. The minimum Gasteiger partial charge on any atom is -0.449 e. The van der Waals surface area contributed by atoms with Crippen molar-refractivity contribution in [1.29, 1.82) is 0 Å². The molecule has 0 atom stereocenters. The number of ether oxygens (including phenoxy) is 1. The van der Waals surface area contributed by atoms with E-state index in [0.717, 1.165) is 25.7 Å². The van der Waals surface area contributed by atoms with Crippen molar-refractivity contribution in [1.82, 2.24) is 0 Å². The fourth-order valence-corrected chi connectivity index (χ4v) is 1.20. The van der Waals surface area contributed by atoms with Crippen molar-refractivity contribution in [2.24, 2.45) is 11.5 Å². The monoisotopic (exact) mass is 228 g/mol. The van der Waals surface area contributed by atoms with Crippen LogP contribution < -0.4 is 11.5 Å². The van der Waals surface area contributed by atoms with E-state index in [0.29, 0.717) is 19.4 Å². The van der Waals surface area contributed by atoms with E-state index in [1.54, 1.807) is 0 Å². The van der Waals surface area contributed by atoms with Crippen molar-refractivity contribution in [3.05, 3.63) is 12.2 Å². The fraction of sp³-hybridized carbons (Fsp3) is 0.636. The number of primary amides is 2. The van der Waals surface area contributed by atoms with Crippen LogP contribution in [0.25, 0.3) is 0 Å². The van der Waals surface area contributed by atoms with Crippen LogP contribution in [0.15, 0.2) is 12.2 Å². The molecule has 2 amide bonds. The largest absolute Gasteiger partial charge is 0.449 e. The first-order valence-electron chi connectivity index (χ1n) is 5.48. The molecule has 4 N–H and O–H groups in total. The van der Waals surface area contributed by atoms with Crippen LogP contribution in [0.1, 0.15) is 38.5 Å². The van der Waals surface area contributed by atoms with Crippen molar-refractivity contribution < 1.29 is 14.3 Å². The van der Waals surface area contributed by atoms with Gasteiger partial charge in [-0.05, 0) is 25.7 Å². The van der Waals surface area contributed by atoms with Gasteiger partial charge in [0.15, 0.2) is 0 Å². The Bertz CT molecular complexity index is 239. The van der Waals surface area contributed by atoms with E-state index >= 15 is 0 Å². The fourth-order valence-electron chi connectivity index (χ4n) is 1.20. The number of amides is 2. The summed E-state index contributed by atoms with van der Waals surface area (Å²) < 4.78 is 4.55. The summed E-state index contributed by atoms with van der Waals surface area (Å²) in [5.74, 6) is -0.237. The van der Waals surface area contributed by atoms with Crippen molar-refractivity contribution in [3.8, 4) is 0 Å². The van der Waals surface area contributed by atoms with Gasteiger partial charge in [0.25, 0.3) is 0 Å². The lowest BCUT2D eigenvalue weighted by molar-refractivity contribution is -0.118. The highest BCUT2D eigenvalue weighted by molar-refractivity contribution is 5.73. The van der Waals surface area contributed by atoms with Gasteiger partial charge >= 0.3 is 6.09 Å². The van der Waals surface area contributed by atoms with Crippen molar-refractivity contribution in [2.45, 2.75) is 38.5 Å². The Morgan fingerprint density at radius 2 is 1.69 bits per heavy atom. The molecule has 0 aliphatic heterocycles. The van der Waals surface area contributed by atoms with Crippen molar-refractivity contribution in [3.63, 3.8) is 0 Å². The van der Waals surface area contributed by atoms with Gasteiger partial charge in [-0.3, -0.25) is 4.79 Å². The van der Waals surface area contributed by atoms with Gasteiger partial charge in [0, 0.05) is 6.42 Å². The molecule has 0 rings (SSSR count). The summed E-state index contributed by atoms with van der Waals surface area (Å²) >= 11 is 0. The average molecular weight is 228 g/mol. The number of nitrogens with two attached hydrogens (primary N) is 2. The Hall–Kier alpha value is -1.52. The molecule has 0 aromatic rings. The molecular formula is C11H20N2O3. The van der Waals surface area contributed by atoms with Gasteiger partial charge in [-0.1, -0.05) is 18.6 Å². The zero-order chi connectivity index (χ0) is 12.2. The van der Waals surface area contributed by atoms with E-state index in [1.807, 2.05) is 12.2 Å². The minimum atomic E-state index is -0.736. The maximum Gasteiger partial charge on any atom is 0.404 e. The highest BCUT2D eigenvalue weighted by Gasteiger charge is 1.93. The number of carbonyl (C=O) groups is 2. The Morgan fingerprint density at radius 1 is 1.00 bits per heavy atom. The normalized spacial score (nSPS) is 10.5. The maximum atomic E-state index is 10.4. The topological polar surface area (TPSA) is 95.4 Å². The van der Waals surface area contributed by atoms with Crippen LogP contribution in [-0.2, 0) is 9.53 Å². The van der Waals surface area contributed by atoms with E-state index < -0.39 is 6.09 Å². The molecule has 0 aromatic heterocycles. The highest BCUT2D eigenvalue weighted by Crippen LogP contribution is 2.03. The van der Waals surface area contributed by atoms with Gasteiger partial charge < -0.3 is 16.2 Å². The third kappa shape index (κ3) is 12.5. The van der Waals surface area contributed by atoms with Crippen LogP contribution in [0.3, 0.4) is 0 Å². The second kappa shape index (κ2) is 10.0. The number of allylic oxidation sites excluding steroid dienone is 1. The van der Waals surface area contributed by atoms with Crippen molar-refractivity contribution in [2.75, 3.05) is 6.61 Å². The molecule has 0 saturated carbocycles. The molecule has 0 heterocycles. The molecule has 92 valence electrons. The standard InChI is InChI=1S/C11H20N2O3/c12-10(14)8-6-4-2-1-3-5-7-9-16-11(13)15/h3,5H,1-2,4,6-9H2,(H2,12,14)(H2,13,15). The van der Waals surface area contributed by atoms with E-state index in [9.17, 15) is 9.59 Å². The number of rotatable bonds is 9. The van der Waals surface area contributed by atoms with E-state index in [-0.39, 0.29) is 5.91 Å². The number of carbonyl (C=O) groups excluding carboxylic acids is 2. The third-order valence-corrected chi connectivity index (χ3v) is 1.99. The molecular weight excluding hydrogens is 208 g/mol. The van der Waals surface area contributed by atoms with Gasteiger partial charge in [-0.15, -0.1) is 0 Å². The molecule has 5 nitrogen and oxygen atoms in total. The smallest absolute Gasteiger partial charge is 0.404 e. The zero-order valence-corrected chi connectivity index (χ0v) is 9.48. The first-order valence-corrected chi connectivity index (χ1v) is 5.48. The third-order valence-electron chi connectivity index (χ3n) is 1.99. The molecule has 0 spiro atoms. The molecule has 0 aliphatic carbocycles. The summed E-state index contributed by atoms with van der Waals surface area (Å²) in [6, 6.07) is 0. The first-order chi connectivity index (χ1) is 7.63. The summed E-state index contributed by atoms with van der Waals surface area (Å²) in [4.78, 5) is 20.6. The lowest BCUT2D eigenvalue weighted by Crippen LogP contribution is -2.13. The van der Waals surface area contributed by atoms with Gasteiger partial charge in [-0.25, -0.2) is 4.79 Å². The number of hydrogen-bond donors (Lipinski definition) is 2. The summed E-state index contributed by atoms with van der Waals surface area (Å²) in [5, 5.41) is 0. The molecule has 0 saturated heterocycles. The van der Waals surface area contributed by atoms with Gasteiger partial charge in [0.2, 0.25) is 5.91 Å². The maximum absolute atomic E-state index is 10.4. The molecule has 0 bridgehead atoms. The Kier molecular flexibility index (Phi) is 9.06. The van der Waals surface area contributed by atoms with E-state index in [2.05, 4.69) is 4.74 Å². The summed E-state index contributed by atoms with van der Waals surface area (Å²) in [6.07, 6.45) is 8.28. The molecule has 0 radical (unpaired) electrons. The number of unbranched alkanes of at least 4 members (excludes halogenated alkanes) is 3. The quantitative estimate of drug-likeness (QED) is 0.462. The summed E-state index contributed by atoms with van der Waals surface area (Å²) in [7, 11) is 0. The molecule has 0 fully saturated rings. The summed E-state index contributed by atoms with van der Waals surface area (Å²) in [5.41, 5.74) is 9.80. The lowest BCUT2D eigenvalue weighted by Gasteiger charge is -1.97. The Morgan fingerprint density at radius 3 is 2.31 bits per heavy atom. The predicted octanol–water partition coefficient (Wildman–Crippen LogP) is 1.46. The molecule has 0 aromatic carbocycles. The Labute approximate surface area is 95.8 Å². The van der Waals surface area contributed by atoms with Gasteiger partial charge in [0.05, 0.1) is 6.61 Å². The SMILES string of the molecule is NC(=O)CCCCCC=CCCOC(N)=O. The minimum absolute atomic E-state index is 0.237. The van der Waals surface area contributed by atoms with Crippen LogP contribution in [0.2, 0.25) is 0 Å². The Balaban J connectivity index is 3.15. The first kappa shape index (κ1) is 14.5. The van der Waals surface area contributed by atoms with E-state index in [1.165, 1.54) is 0 Å². The predicted molar refractivity (Wildman–Crippen MR) is 61.6 cm³/mol. The molecule has 16 heavy (non-hydrogen) atoms. The average Bonchev–Trinajstić information content (AvgIpc) is 2.20. The molecule has 0 aliphatic rings. The van der Waals surface area contributed by atoms with E-state index in [4.69, 9.17) is 11.5 Å². The van der Waals surface area contributed by atoms with Crippen LogP contribution in [0, 0.1) is 0 Å². The molecule has 0 unspecified atom stereocenters. The second-order valence-corrected chi connectivity index (χ2v) is 3.49. The molecule has 5 heteroatoms. The van der Waals surface area contributed by atoms with Gasteiger partial charge in [-0.2, -0.15) is 0 Å². The van der Waals surface area contributed by atoms with Crippen LogP contribution >= 0.6 is 0 Å². The van der Waals surface area contributed by atoms with Gasteiger partial charge in [0.1, 0.15) is 0 Å². The van der Waals surface area contributed by atoms with Crippen LogP contribution in [0.4, 0.5) is 4.79 Å². The summed E-state index contributed by atoms with van der Waals surface area (Å²) in [6.45, 7) is 0.327. The lowest BCUT2D eigenvalue weighted by atomic mass is 10.1.